The molecule has 0 radical (unpaired) electrons. The summed E-state index contributed by atoms with van der Waals surface area (Å²) in [6, 6.07) is 9.07. The Bertz CT molecular complexity index is 553. The monoisotopic (exact) mass is 361 g/mol. The number of methoxy groups -OCH3 is 1. The molecule has 0 spiro atoms. The number of hydrogen-bond donors (Lipinski definition) is 1. The van der Waals surface area contributed by atoms with E-state index in [1.165, 1.54) is 25.1 Å². The Morgan fingerprint density at radius 2 is 1.77 bits per heavy atom. The lowest BCUT2D eigenvalue weighted by atomic mass is 9.92. The fourth-order valence-corrected chi connectivity index (χ4v) is 4.27. The van der Waals surface area contributed by atoms with Crippen LogP contribution in [0.3, 0.4) is 0 Å². The summed E-state index contributed by atoms with van der Waals surface area (Å²) in [4.78, 5) is 7.71. The van der Waals surface area contributed by atoms with Crippen molar-refractivity contribution < 1.29 is 9.84 Å². The van der Waals surface area contributed by atoms with Gasteiger partial charge >= 0.3 is 0 Å². The lowest BCUT2D eigenvalue weighted by Crippen LogP contribution is -2.56. The fourth-order valence-electron chi connectivity index (χ4n) is 4.27. The highest BCUT2D eigenvalue weighted by atomic mass is 16.5. The molecule has 3 rings (SSSR count). The molecule has 26 heavy (non-hydrogen) atoms. The van der Waals surface area contributed by atoms with Gasteiger partial charge in [-0.3, -0.25) is 4.90 Å². The van der Waals surface area contributed by atoms with Gasteiger partial charge < -0.3 is 19.6 Å². The molecule has 0 aliphatic carbocycles. The van der Waals surface area contributed by atoms with E-state index in [-0.39, 0.29) is 12.0 Å². The summed E-state index contributed by atoms with van der Waals surface area (Å²) in [7, 11) is 1.71. The Hall–Kier alpha value is -1.30. The smallest absolute Gasteiger partial charge is 0.119 e. The van der Waals surface area contributed by atoms with E-state index in [1.54, 1.807) is 7.11 Å². The number of anilines is 1. The van der Waals surface area contributed by atoms with Crippen LogP contribution in [0.5, 0.6) is 5.75 Å². The van der Waals surface area contributed by atoms with Crippen LogP contribution < -0.4 is 9.64 Å². The van der Waals surface area contributed by atoms with E-state index in [0.717, 1.165) is 45.0 Å². The van der Waals surface area contributed by atoms with Crippen LogP contribution in [0.2, 0.25) is 0 Å². The number of likely N-dealkylation sites (tertiary alicyclic amines) is 1. The van der Waals surface area contributed by atoms with Gasteiger partial charge in [0.2, 0.25) is 0 Å². The molecule has 1 aromatic rings. The molecule has 146 valence electrons. The quantitative estimate of drug-likeness (QED) is 0.842. The first kappa shape index (κ1) is 19.5. The molecule has 5 heteroatoms. The molecule has 2 fully saturated rings. The van der Waals surface area contributed by atoms with Gasteiger partial charge in [0.05, 0.1) is 7.11 Å². The van der Waals surface area contributed by atoms with Crippen LogP contribution in [0.4, 0.5) is 5.69 Å². The third-order valence-electron chi connectivity index (χ3n) is 5.83. The van der Waals surface area contributed by atoms with E-state index in [0.29, 0.717) is 6.04 Å². The summed E-state index contributed by atoms with van der Waals surface area (Å²) >= 11 is 0. The number of aliphatic hydroxyl groups is 1. The molecule has 1 atom stereocenters. The third kappa shape index (κ3) is 4.90. The van der Waals surface area contributed by atoms with Crippen molar-refractivity contribution in [2.45, 2.75) is 32.7 Å². The van der Waals surface area contributed by atoms with Crippen molar-refractivity contribution in [2.24, 2.45) is 5.41 Å². The predicted octanol–water partition coefficient (Wildman–Crippen LogP) is 2.30. The van der Waals surface area contributed by atoms with Gasteiger partial charge in [0.1, 0.15) is 5.75 Å². The van der Waals surface area contributed by atoms with Crippen LogP contribution in [0.25, 0.3) is 0 Å². The van der Waals surface area contributed by atoms with Gasteiger partial charge in [-0.2, -0.15) is 0 Å². The van der Waals surface area contributed by atoms with Gasteiger partial charge in [-0.15, -0.1) is 0 Å². The highest BCUT2D eigenvalue weighted by Crippen LogP contribution is 2.24. The van der Waals surface area contributed by atoms with Crippen LogP contribution in [-0.2, 0) is 0 Å². The first-order valence-electron chi connectivity index (χ1n) is 9.97. The second kappa shape index (κ2) is 8.59. The van der Waals surface area contributed by atoms with E-state index in [4.69, 9.17) is 4.74 Å². The maximum atomic E-state index is 9.56. The second-order valence-corrected chi connectivity index (χ2v) is 8.57. The molecule has 2 aliphatic rings. The number of aliphatic hydroxyl groups excluding tert-OH is 1. The molecule has 0 aromatic heterocycles. The Labute approximate surface area is 158 Å². The average Bonchev–Trinajstić information content (AvgIpc) is 2.68. The first-order valence-corrected chi connectivity index (χ1v) is 9.97. The van der Waals surface area contributed by atoms with Crippen molar-refractivity contribution in [2.75, 3.05) is 64.4 Å². The predicted molar refractivity (Wildman–Crippen MR) is 107 cm³/mol. The normalized spacial score (nSPS) is 23.2. The largest absolute Gasteiger partial charge is 0.497 e. The molecule has 0 bridgehead atoms. The molecule has 0 amide bonds. The highest BCUT2D eigenvalue weighted by Gasteiger charge is 2.30. The average molecular weight is 362 g/mol. The van der Waals surface area contributed by atoms with Crippen LogP contribution in [0.15, 0.2) is 24.3 Å². The zero-order valence-corrected chi connectivity index (χ0v) is 16.7. The van der Waals surface area contributed by atoms with Gasteiger partial charge in [0.15, 0.2) is 0 Å². The summed E-state index contributed by atoms with van der Waals surface area (Å²) in [6.07, 6.45) is 2.57. The maximum absolute atomic E-state index is 9.56. The third-order valence-corrected chi connectivity index (χ3v) is 5.83. The minimum absolute atomic E-state index is 0.00501. The van der Waals surface area contributed by atoms with Crippen molar-refractivity contribution in [1.29, 1.82) is 0 Å². The summed E-state index contributed by atoms with van der Waals surface area (Å²) < 4.78 is 5.26. The number of nitrogens with zero attached hydrogens (tertiary/aromatic N) is 3. The second-order valence-electron chi connectivity index (χ2n) is 8.57. The van der Waals surface area contributed by atoms with Gasteiger partial charge in [0.25, 0.3) is 0 Å². The molecule has 2 aliphatic heterocycles. The van der Waals surface area contributed by atoms with Crippen LogP contribution >= 0.6 is 0 Å². The minimum atomic E-state index is -0.00501. The summed E-state index contributed by atoms with van der Waals surface area (Å²) in [5.74, 6) is 0.917. The van der Waals surface area contributed by atoms with Crippen molar-refractivity contribution in [3.63, 3.8) is 0 Å². The van der Waals surface area contributed by atoms with Crippen molar-refractivity contribution in [3.05, 3.63) is 24.3 Å². The van der Waals surface area contributed by atoms with Crippen LogP contribution in [0, 0.1) is 5.41 Å². The zero-order chi connectivity index (χ0) is 18.6. The zero-order valence-electron chi connectivity index (χ0n) is 16.7. The maximum Gasteiger partial charge on any atom is 0.119 e. The topological polar surface area (TPSA) is 39.2 Å². The Morgan fingerprint density at radius 1 is 1.08 bits per heavy atom. The number of piperidine rings is 1. The Morgan fingerprint density at radius 3 is 2.38 bits per heavy atom. The van der Waals surface area contributed by atoms with Crippen molar-refractivity contribution >= 4 is 5.69 Å². The SMILES string of the molecule is COc1ccc(N2CCN([C@@H]3CCCN(CC(C)(C)CO)C3)CC2)cc1. The summed E-state index contributed by atoms with van der Waals surface area (Å²) in [5.41, 5.74) is 1.29. The van der Waals surface area contributed by atoms with Crippen molar-refractivity contribution in [1.82, 2.24) is 9.80 Å². The van der Waals surface area contributed by atoms with Gasteiger partial charge in [-0.1, -0.05) is 13.8 Å². The van der Waals surface area contributed by atoms with Gasteiger partial charge in [-0.25, -0.2) is 0 Å². The standard InChI is InChI=1S/C21H35N3O2/c1-21(2,17-25)16-22-10-4-5-19(15-22)24-13-11-23(12-14-24)18-6-8-20(26-3)9-7-18/h6-9,19,25H,4-5,10-17H2,1-3H3/t19-/m1/s1. The fraction of sp³-hybridized carbons (Fsp3) is 0.714. The van der Waals surface area contributed by atoms with E-state index >= 15 is 0 Å². The van der Waals surface area contributed by atoms with E-state index in [9.17, 15) is 5.11 Å². The molecule has 5 nitrogen and oxygen atoms in total. The number of hydrogen-bond acceptors (Lipinski definition) is 5. The van der Waals surface area contributed by atoms with Gasteiger partial charge in [-0.05, 0) is 43.7 Å². The molecule has 2 saturated heterocycles. The molecule has 0 saturated carbocycles. The molecular formula is C21H35N3O2. The molecule has 2 heterocycles. The van der Waals surface area contributed by atoms with Crippen LogP contribution in [0.1, 0.15) is 26.7 Å². The summed E-state index contributed by atoms with van der Waals surface area (Å²) in [6.45, 7) is 12.3. The van der Waals surface area contributed by atoms with E-state index in [1.807, 2.05) is 12.1 Å². The lowest BCUT2D eigenvalue weighted by molar-refractivity contribution is 0.0502. The Balaban J connectivity index is 1.50. The lowest BCUT2D eigenvalue weighted by Gasteiger charge is -2.45. The number of piperazine rings is 1. The molecular weight excluding hydrogens is 326 g/mol. The number of ether oxygens (including phenoxy) is 1. The van der Waals surface area contributed by atoms with E-state index < -0.39 is 0 Å². The molecule has 1 aromatic carbocycles. The summed E-state index contributed by atoms with van der Waals surface area (Å²) in [5, 5.41) is 9.56. The van der Waals surface area contributed by atoms with Gasteiger partial charge in [0, 0.05) is 63.0 Å². The van der Waals surface area contributed by atoms with Crippen molar-refractivity contribution in [3.8, 4) is 5.75 Å². The Kier molecular flexibility index (Phi) is 6.43. The minimum Gasteiger partial charge on any atom is -0.497 e. The molecule has 0 unspecified atom stereocenters. The number of rotatable bonds is 6. The highest BCUT2D eigenvalue weighted by molar-refractivity contribution is 5.49. The number of benzene rings is 1. The van der Waals surface area contributed by atoms with E-state index in [2.05, 4.69) is 40.7 Å². The van der Waals surface area contributed by atoms with Crippen LogP contribution in [-0.4, -0.2) is 80.5 Å². The first-order chi connectivity index (χ1) is 12.5. The molecule has 1 N–H and O–H groups in total.